The summed E-state index contributed by atoms with van der Waals surface area (Å²) >= 11 is 3.34. The van der Waals surface area contributed by atoms with Crippen molar-refractivity contribution in [2.75, 3.05) is 0 Å². The summed E-state index contributed by atoms with van der Waals surface area (Å²) in [5.74, 6) is -0.364. The molecule has 1 aromatic rings. The molecule has 2 nitrogen and oxygen atoms in total. The third-order valence-corrected chi connectivity index (χ3v) is 2.92. The zero-order valence-electron chi connectivity index (χ0n) is 8.81. The van der Waals surface area contributed by atoms with Crippen molar-refractivity contribution in [1.82, 2.24) is 0 Å². The maximum atomic E-state index is 9.87. The van der Waals surface area contributed by atoms with Crippen LogP contribution in [0.4, 0.5) is 0 Å². The van der Waals surface area contributed by atoms with Crippen molar-refractivity contribution in [1.29, 1.82) is 5.26 Å². The predicted octanol–water partition coefficient (Wildman–Crippen LogP) is 3.07. The minimum atomic E-state index is -0.615. The first-order valence-corrected chi connectivity index (χ1v) is 5.68. The van der Waals surface area contributed by atoms with Crippen molar-refractivity contribution in [3.05, 3.63) is 34.3 Å². The van der Waals surface area contributed by atoms with E-state index in [1.54, 1.807) is 0 Å². The summed E-state index contributed by atoms with van der Waals surface area (Å²) in [6.07, 6.45) is -0.615. The second-order valence-corrected chi connectivity index (χ2v) is 4.81. The van der Waals surface area contributed by atoms with Crippen LogP contribution >= 0.6 is 15.9 Å². The number of benzene rings is 1. The van der Waals surface area contributed by atoms with Crippen LogP contribution in [0.1, 0.15) is 25.3 Å². The Morgan fingerprint density at radius 2 is 1.80 bits per heavy atom. The molecule has 0 aliphatic rings. The molecular formula is C12H14BrNO. The number of hydrogen-bond donors (Lipinski definition) is 1. The predicted molar refractivity (Wildman–Crippen MR) is 63.3 cm³/mol. The number of aliphatic hydroxyl groups excluding tert-OH is 1. The summed E-state index contributed by atoms with van der Waals surface area (Å²) in [6.45, 7) is 3.82. The van der Waals surface area contributed by atoms with Crippen LogP contribution in [0.5, 0.6) is 0 Å². The smallest absolute Gasteiger partial charge is 0.0974 e. The van der Waals surface area contributed by atoms with Gasteiger partial charge >= 0.3 is 0 Å². The molecule has 1 N–H and O–H groups in total. The molecule has 3 heteroatoms. The Kier molecular flexibility index (Phi) is 4.31. The minimum absolute atomic E-state index is 0.0818. The minimum Gasteiger partial charge on any atom is -0.391 e. The van der Waals surface area contributed by atoms with Gasteiger partial charge in [-0.1, -0.05) is 41.9 Å². The van der Waals surface area contributed by atoms with Gasteiger partial charge in [-0.05, 0) is 23.6 Å². The van der Waals surface area contributed by atoms with Gasteiger partial charge in [0.2, 0.25) is 0 Å². The van der Waals surface area contributed by atoms with Gasteiger partial charge in [0.15, 0.2) is 0 Å². The molecule has 2 unspecified atom stereocenters. The molecule has 0 spiro atoms. The van der Waals surface area contributed by atoms with Gasteiger partial charge in [-0.3, -0.25) is 0 Å². The van der Waals surface area contributed by atoms with Crippen LogP contribution in [0.3, 0.4) is 0 Å². The average Bonchev–Trinajstić information content (AvgIpc) is 2.21. The van der Waals surface area contributed by atoms with Gasteiger partial charge in [0.25, 0.3) is 0 Å². The fraction of sp³-hybridized carbons (Fsp3) is 0.417. The highest BCUT2D eigenvalue weighted by atomic mass is 79.9. The second kappa shape index (κ2) is 5.29. The van der Waals surface area contributed by atoms with E-state index in [9.17, 15) is 5.11 Å². The molecule has 0 heterocycles. The SMILES string of the molecule is CC(C)C(O)C(C#N)c1ccc(Br)cc1. The Hall–Kier alpha value is -0.850. The van der Waals surface area contributed by atoms with E-state index in [2.05, 4.69) is 22.0 Å². The fourth-order valence-electron chi connectivity index (χ4n) is 1.40. The maximum absolute atomic E-state index is 9.87. The molecule has 2 atom stereocenters. The lowest BCUT2D eigenvalue weighted by molar-refractivity contribution is 0.113. The van der Waals surface area contributed by atoms with Crippen LogP contribution in [0.25, 0.3) is 0 Å². The molecule has 0 radical (unpaired) electrons. The van der Waals surface area contributed by atoms with Crippen LogP contribution < -0.4 is 0 Å². The standard InChI is InChI=1S/C12H14BrNO/c1-8(2)12(15)11(7-14)9-3-5-10(13)6-4-9/h3-6,8,11-12,15H,1-2H3. The van der Waals surface area contributed by atoms with Crippen molar-refractivity contribution >= 4 is 15.9 Å². The van der Waals surface area contributed by atoms with Gasteiger partial charge in [0.05, 0.1) is 18.1 Å². The third-order valence-electron chi connectivity index (χ3n) is 2.39. The van der Waals surface area contributed by atoms with Gasteiger partial charge in [-0.15, -0.1) is 0 Å². The first-order chi connectivity index (χ1) is 7.06. The van der Waals surface area contributed by atoms with E-state index in [-0.39, 0.29) is 5.92 Å². The van der Waals surface area contributed by atoms with Crippen molar-refractivity contribution in [2.45, 2.75) is 25.9 Å². The summed E-state index contributed by atoms with van der Waals surface area (Å²) in [5, 5.41) is 18.9. The third kappa shape index (κ3) is 3.05. The van der Waals surface area contributed by atoms with E-state index in [1.165, 1.54) is 0 Å². The Labute approximate surface area is 98.7 Å². The van der Waals surface area contributed by atoms with Gasteiger partial charge in [0.1, 0.15) is 0 Å². The normalized spacial score (nSPS) is 14.7. The molecule has 0 bridgehead atoms. The van der Waals surface area contributed by atoms with Crippen LogP contribution in [0.2, 0.25) is 0 Å². The van der Waals surface area contributed by atoms with E-state index < -0.39 is 12.0 Å². The van der Waals surface area contributed by atoms with Gasteiger partial charge in [-0.2, -0.15) is 5.26 Å². The number of hydrogen-bond acceptors (Lipinski definition) is 2. The molecule has 1 rings (SSSR count). The van der Waals surface area contributed by atoms with Crippen LogP contribution in [0.15, 0.2) is 28.7 Å². The van der Waals surface area contributed by atoms with E-state index in [0.29, 0.717) is 0 Å². The Balaban J connectivity index is 2.94. The molecule has 0 aromatic heterocycles. The lowest BCUT2D eigenvalue weighted by Gasteiger charge is -2.20. The van der Waals surface area contributed by atoms with Gasteiger partial charge < -0.3 is 5.11 Å². The molecule has 80 valence electrons. The average molecular weight is 268 g/mol. The van der Waals surface area contributed by atoms with Crippen LogP contribution in [-0.4, -0.2) is 11.2 Å². The van der Waals surface area contributed by atoms with E-state index in [1.807, 2.05) is 38.1 Å². The van der Waals surface area contributed by atoms with Crippen LogP contribution in [0, 0.1) is 17.2 Å². The molecule has 0 saturated heterocycles. The monoisotopic (exact) mass is 267 g/mol. The second-order valence-electron chi connectivity index (χ2n) is 3.89. The highest BCUT2D eigenvalue weighted by Gasteiger charge is 2.23. The van der Waals surface area contributed by atoms with E-state index in [4.69, 9.17) is 5.26 Å². The first kappa shape index (κ1) is 12.2. The highest BCUT2D eigenvalue weighted by Crippen LogP contribution is 2.24. The number of aliphatic hydroxyl groups is 1. The summed E-state index contributed by atoms with van der Waals surface area (Å²) in [4.78, 5) is 0. The fourth-order valence-corrected chi connectivity index (χ4v) is 1.67. The van der Waals surface area contributed by atoms with Crippen LogP contribution in [-0.2, 0) is 0 Å². The number of rotatable bonds is 3. The topological polar surface area (TPSA) is 44.0 Å². The summed E-state index contributed by atoms with van der Waals surface area (Å²) < 4.78 is 0.974. The molecule has 0 aliphatic carbocycles. The molecule has 15 heavy (non-hydrogen) atoms. The van der Waals surface area contributed by atoms with Gasteiger partial charge in [-0.25, -0.2) is 0 Å². The Morgan fingerprint density at radius 1 is 1.27 bits per heavy atom. The van der Waals surface area contributed by atoms with Crippen molar-refractivity contribution in [2.24, 2.45) is 5.92 Å². The maximum Gasteiger partial charge on any atom is 0.0974 e. The lowest BCUT2D eigenvalue weighted by atomic mass is 9.88. The molecule has 1 aromatic carbocycles. The quantitative estimate of drug-likeness (QED) is 0.915. The Morgan fingerprint density at radius 3 is 2.20 bits per heavy atom. The molecule has 0 aliphatic heterocycles. The summed E-state index contributed by atoms with van der Waals surface area (Å²) in [5.41, 5.74) is 0.863. The van der Waals surface area contributed by atoms with Gasteiger partial charge in [0, 0.05) is 4.47 Å². The Bertz CT molecular complexity index is 353. The summed E-state index contributed by atoms with van der Waals surface area (Å²) in [7, 11) is 0. The van der Waals surface area contributed by atoms with Crippen molar-refractivity contribution in [3.8, 4) is 6.07 Å². The number of nitriles is 1. The van der Waals surface area contributed by atoms with Crippen molar-refractivity contribution < 1.29 is 5.11 Å². The molecule has 0 saturated carbocycles. The van der Waals surface area contributed by atoms with Crippen molar-refractivity contribution in [3.63, 3.8) is 0 Å². The van der Waals surface area contributed by atoms with E-state index in [0.717, 1.165) is 10.0 Å². The number of nitrogens with zero attached hydrogens (tertiary/aromatic N) is 1. The highest BCUT2D eigenvalue weighted by molar-refractivity contribution is 9.10. The molecule has 0 amide bonds. The molecule has 0 fully saturated rings. The molecular weight excluding hydrogens is 254 g/mol. The first-order valence-electron chi connectivity index (χ1n) is 4.89. The zero-order chi connectivity index (χ0) is 11.4. The lowest BCUT2D eigenvalue weighted by Crippen LogP contribution is -2.23. The zero-order valence-corrected chi connectivity index (χ0v) is 10.4. The summed E-state index contributed by atoms with van der Waals surface area (Å²) in [6, 6.07) is 9.65. The van der Waals surface area contributed by atoms with E-state index >= 15 is 0 Å². The number of halogens is 1. The largest absolute Gasteiger partial charge is 0.391 e.